The van der Waals surface area contributed by atoms with Crippen LogP contribution in [0, 0.1) is 0 Å². The summed E-state index contributed by atoms with van der Waals surface area (Å²) in [7, 11) is 0. The van der Waals surface area contributed by atoms with E-state index < -0.39 is 0 Å². The Hall–Kier alpha value is -1.02. The van der Waals surface area contributed by atoms with Gasteiger partial charge in [0.2, 0.25) is 0 Å². The topological polar surface area (TPSA) is 35.2 Å². The summed E-state index contributed by atoms with van der Waals surface area (Å²) in [5.74, 6) is 0.931. The molecule has 96 valence electrons. The van der Waals surface area contributed by atoms with E-state index in [2.05, 4.69) is 32.9 Å². The molecule has 17 heavy (non-hydrogen) atoms. The monoisotopic (exact) mass is 235 g/mol. The molecule has 2 atom stereocenters. The van der Waals surface area contributed by atoms with E-state index in [0.29, 0.717) is 0 Å². The van der Waals surface area contributed by atoms with Crippen molar-refractivity contribution in [3.8, 4) is 5.75 Å². The maximum atomic E-state index is 6.12. The van der Waals surface area contributed by atoms with Crippen LogP contribution >= 0.6 is 0 Å². The van der Waals surface area contributed by atoms with Gasteiger partial charge >= 0.3 is 0 Å². The van der Waals surface area contributed by atoms with Gasteiger partial charge in [-0.3, -0.25) is 0 Å². The Balaban J connectivity index is 2.60. The van der Waals surface area contributed by atoms with Crippen molar-refractivity contribution in [3.05, 3.63) is 29.8 Å². The highest BCUT2D eigenvalue weighted by Crippen LogP contribution is 2.17. The largest absolute Gasteiger partial charge is 0.489 e. The van der Waals surface area contributed by atoms with E-state index >= 15 is 0 Å². The molecule has 2 nitrogen and oxygen atoms in total. The molecule has 0 fully saturated rings. The van der Waals surface area contributed by atoms with Crippen LogP contribution in [0.3, 0.4) is 0 Å². The fraction of sp³-hybridized carbons (Fsp3) is 0.600. The Bertz CT molecular complexity index is 307. The molecule has 0 heterocycles. The molecule has 0 aromatic heterocycles. The third-order valence-electron chi connectivity index (χ3n) is 3.12. The third kappa shape index (κ3) is 4.39. The molecular weight excluding hydrogens is 210 g/mol. The highest BCUT2D eigenvalue weighted by atomic mass is 16.5. The van der Waals surface area contributed by atoms with Crippen LogP contribution < -0.4 is 10.5 Å². The van der Waals surface area contributed by atoms with Crippen molar-refractivity contribution in [3.63, 3.8) is 0 Å². The van der Waals surface area contributed by atoms with Gasteiger partial charge in [-0.15, -0.1) is 0 Å². The van der Waals surface area contributed by atoms with Gasteiger partial charge in [-0.2, -0.15) is 0 Å². The molecule has 0 saturated heterocycles. The second-order valence-corrected chi connectivity index (χ2v) is 4.51. The van der Waals surface area contributed by atoms with Crippen LogP contribution in [-0.4, -0.2) is 12.1 Å². The van der Waals surface area contributed by atoms with E-state index in [0.717, 1.165) is 31.4 Å². The molecule has 0 radical (unpaired) electrons. The van der Waals surface area contributed by atoms with Gasteiger partial charge < -0.3 is 10.5 Å². The van der Waals surface area contributed by atoms with Gasteiger partial charge in [0.1, 0.15) is 11.9 Å². The smallest absolute Gasteiger partial charge is 0.119 e. The van der Waals surface area contributed by atoms with Crippen molar-refractivity contribution in [2.45, 2.75) is 58.6 Å². The lowest BCUT2D eigenvalue weighted by Crippen LogP contribution is -2.38. The molecule has 1 aromatic carbocycles. The van der Waals surface area contributed by atoms with Crippen molar-refractivity contribution >= 4 is 0 Å². The van der Waals surface area contributed by atoms with E-state index in [-0.39, 0.29) is 12.1 Å². The minimum Gasteiger partial charge on any atom is -0.489 e. The van der Waals surface area contributed by atoms with Crippen molar-refractivity contribution in [1.29, 1.82) is 0 Å². The average molecular weight is 235 g/mol. The predicted molar refractivity (Wildman–Crippen MR) is 73.4 cm³/mol. The quantitative estimate of drug-likeness (QED) is 0.784. The highest BCUT2D eigenvalue weighted by molar-refractivity contribution is 5.27. The summed E-state index contributed by atoms with van der Waals surface area (Å²) in [4.78, 5) is 0. The first kappa shape index (κ1) is 14.0. The van der Waals surface area contributed by atoms with Crippen LogP contribution in [0.2, 0.25) is 0 Å². The number of hydrogen-bond acceptors (Lipinski definition) is 2. The van der Waals surface area contributed by atoms with Crippen LogP contribution in [0.1, 0.15) is 45.6 Å². The number of rotatable bonds is 7. The molecule has 2 heteroatoms. The lowest BCUT2D eigenvalue weighted by molar-refractivity contribution is 0.161. The number of nitrogens with two attached hydrogens (primary N) is 1. The van der Waals surface area contributed by atoms with E-state index in [1.165, 1.54) is 5.56 Å². The van der Waals surface area contributed by atoms with Gasteiger partial charge in [0, 0.05) is 6.04 Å². The first-order valence-electron chi connectivity index (χ1n) is 6.72. The van der Waals surface area contributed by atoms with Crippen molar-refractivity contribution in [2.24, 2.45) is 5.73 Å². The van der Waals surface area contributed by atoms with Crippen LogP contribution in [0.15, 0.2) is 24.3 Å². The summed E-state index contributed by atoms with van der Waals surface area (Å²) in [5.41, 5.74) is 7.45. The zero-order valence-corrected chi connectivity index (χ0v) is 11.3. The number of aryl methyl sites for hydroxylation is 1. The highest BCUT2D eigenvalue weighted by Gasteiger charge is 2.16. The molecular formula is C15H25NO. The van der Waals surface area contributed by atoms with Crippen molar-refractivity contribution in [2.75, 3.05) is 0 Å². The molecule has 0 aliphatic carbocycles. The third-order valence-corrected chi connectivity index (χ3v) is 3.12. The fourth-order valence-corrected chi connectivity index (χ4v) is 1.97. The number of ether oxygens (including phenoxy) is 1. The molecule has 2 N–H and O–H groups in total. The molecule has 0 aliphatic rings. The predicted octanol–water partition coefficient (Wildman–Crippen LogP) is 3.53. The van der Waals surface area contributed by atoms with E-state index in [1.807, 2.05) is 12.1 Å². The Morgan fingerprint density at radius 3 is 2.24 bits per heavy atom. The van der Waals surface area contributed by atoms with E-state index in [9.17, 15) is 0 Å². The van der Waals surface area contributed by atoms with Crippen molar-refractivity contribution in [1.82, 2.24) is 0 Å². The van der Waals surface area contributed by atoms with Gasteiger partial charge in [-0.05, 0) is 37.0 Å². The molecule has 0 amide bonds. The lowest BCUT2D eigenvalue weighted by atomic mass is 10.0. The summed E-state index contributed by atoms with van der Waals surface area (Å²) in [6.07, 6.45) is 4.27. The molecule has 0 bridgehead atoms. The molecule has 0 spiro atoms. The SMILES string of the molecule is CCCC(N)C(CC)Oc1ccc(CC)cc1. The zero-order chi connectivity index (χ0) is 12.7. The number of benzene rings is 1. The van der Waals surface area contributed by atoms with Crippen LogP contribution in [0.5, 0.6) is 5.75 Å². The standard InChI is InChI=1S/C15H25NO/c1-4-7-14(16)15(6-3)17-13-10-8-12(5-2)9-11-13/h8-11,14-15H,4-7,16H2,1-3H3. The van der Waals surface area contributed by atoms with Crippen LogP contribution in [0.4, 0.5) is 0 Å². The Kier molecular flexibility index (Phi) is 6.06. The molecule has 2 unspecified atom stereocenters. The normalized spacial score (nSPS) is 14.4. The second-order valence-electron chi connectivity index (χ2n) is 4.51. The van der Waals surface area contributed by atoms with Gasteiger partial charge in [-0.1, -0.05) is 39.3 Å². The van der Waals surface area contributed by atoms with E-state index in [1.54, 1.807) is 0 Å². The fourth-order valence-electron chi connectivity index (χ4n) is 1.97. The molecule has 0 aliphatic heterocycles. The van der Waals surface area contributed by atoms with E-state index in [4.69, 9.17) is 10.5 Å². The van der Waals surface area contributed by atoms with Gasteiger partial charge in [0.25, 0.3) is 0 Å². The maximum Gasteiger partial charge on any atom is 0.119 e. The summed E-state index contributed by atoms with van der Waals surface area (Å²) in [5, 5.41) is 0. The first-order chi connectivity index (χ1) is 8.21. The van der Waals surface area contributed by atoms with Gasteiger partial charge in [0.15, 0.2) is 0 Å². The first-order valence-corrected chi connectivity index (χ1v) is 6.72. The minimum atomic E-state index is 0.127. The maximum absolute atomic E-state index is 6.12. The number of hydrogen-bond donors (Lipinski definition) is 1. The minimum absolute atomic E-state index is 0.127. The van der Waals surface area contributed by atoms with Crippen LogP contribution in [0.25, 0.3) is 0 Å². The molecule has 0 saturated carbocycles. The Morgan fingerprint density at radius 2 is 1.76 bits per heavy atom. The molecule has 1 rings (SSSR count). The zero-order valence-electron chi connectivity index (χ0n) is 11.3. The summed E-state index contributed by atoms with van der Waals surface area (Å²) in [6, 6.07) is 8.46. The van der Waals surface area contributed by atoms with Crippen molar-refractivity contribution < 1.29 is 4.74 Å². The van der Waals surface area contributed by atoms with Gasteiger partial charge in [-0.25, -0.2) is 0 Å². The Labute approximate surface area is 105 Å². The lowest BCUT2D eigenvalue weighted by Gasteiger charge is -2.23. The van der Waals surface area contributed by atoms with Gasteiger partial charge in [0.05, 0.1) is 0 Å². The van der Waals surface area contributed by atoms with Crippen LogP contribution in [-0.2, 0) is 6.42 Å². The Morgan fingerprint density at radius 1 is 1.12 bits per heavy atom. The molecule has 1 aromatic rings. The second kappa shape index (κ2) is 7.33. The summed E-state index contributed by atoms with van der Waals surface area (Å²) < 4.78 is 5.95. The average Bonchev–Trinajstić information content (AvgIpc) is 2.37. The summed E-state index contributed by atoms with van der Waals surface area (Å²) in [6.45, 7) is 6.44. The summed E-state index contributed by atoms with van der Waals surface area (Å²) >= 11 is 0.